The van der Waals surface area contributed by atoms with Gasteiger partial charge in [0, 0.05) is 142 Å². The van der Waals surface area contributed by atoms with Crippen molar-refractivity contribution in [1.29, 1.82) is 0 Å². The molecule has 8 amide bonds. The number of carbonyl (C=O) groups is 8. The van der Waals surface area contributed by atoms with E-state index in [1.54, 1.807) is 0 Å². The van der Waals surface area contributed by atoms with Crippen molar-refractivity contribution >= 4 is 47.3 Å². The number of fused-ring (bicyclic) bond motifs is 16. The number of para-hydroxylation sites is 4. The minimum absolute atomic E-state index is 0. The standard InChI is InChI=1S/C56H73N13O12.Tb/c57-16-2-1-7-36-35-69-30-23-64-54(79)42-13-5-12-41(47(42)72)51(76)60-19-26-67(27-20-63-55(80)43-14-6-15-44(48(43)73)56(81)65-36)32-31-66-24-17-58-49(74)37-8-3-10-39(45(37)70)52(77)61-21-28-68(33-34-69)29-22-62-53(78)40-11-4-9-38(46(40)71)50(75)59-18-25-66;/h3-6,8-15,36,70-73H,1-2,7,16-35,57H2,(H,58,74)(H,59,75)(H,60,76)(H,61,77)(H,62,78)(H,63,80)(H,64,79)(H,65,81);/q;+3/p-1. The van der Waals surface area contributed by atoms with Gasteiger partial charge < -0.3 is 68.7 Å². The molecule has 4 aliphatic heterocycles. The van der Waals surface area contributed by atoms with Gasteiger partial charge in [0.1, 0.15) is 17.2 Å². The van der Waals surface area contributed by atoms with Gasteiger partial charge >= 0.3 is 38.6 Å². The molecule has 13 N–H and O–H groups in total. The van der Waals surface area contributed by atoms with Crippen molar-refractivity contribution in [3.63, 3.8) is 0 Å². The Labute approximate surface area is 505 Å². The van der Waals surface area contributed by atoms with E-state index in [4.69, 9.17) is 5.73 Å². The van der Waals surface area contributed by atoms with Gasteiger partial charge in [0.25, 0.3) is 47.3 Å². The van der Waals surface area contributed by atoms with Gasteiger partial charge in [0.05, 0.1) is 33.4 Å². The quantitative estimate of drug-likeness (QED) is 0.104. The number of benzene rings is 4. The summed E-state index contributed by atoms with van der Waals surface area (Å²) >= 11 is 0. The van der Waals surface area contributed by atoms with Gasteiger partial charge in [0.2, 0.25) is 0 Å². The molecule has 4 heterocycles. The predicted molar refractivity (Wildman–Crippen MR) is 296 cm³/mol. The number of hydrogen-bond donors (Lipinski definition) is 12. The summed E-state index contributed by atoms with van der Waals surface area (Å²) in [4.78, 5) is 118. The van der Waals surface area contributed by atoms with Gasteiger partial charge in [-0.05, 0) is 55.8 Å². The Hall–Kier alpha value is -7.07. The number of nitrogens with zero attached hydrogens (tertiary/aromatic N) is 4. The molecule has 8 rings (SSSR count). The molecule has 3 unspecified atom stereocenters. The normalized spacial score (nSPS) is 21.9. The molecule has 0 aliphatic carbocycles. The average Bonchev–Trinajstić information content (AvgIpc) is 3.50. The van der Waals surface area contributed by atoms with Crippen LogP contribution < -0.4 is 53.4 Å². The Morgan fingerprint density at radius 1 is 0.390 bits per heavy atom. The maximum absolute atomic E-state index is 14.2. The van der Waals surface area contributed by atoms with E-state index < -0.39 is 76.3 Å². The number of phenolic OH excluding ortho intramolecular Hbond substituents is 3. The predicted octanol–water partition coefficient (Wildman–Crippen LogP) is -1.44. The van der Waals surface area contributed by atoms with Gasteiger partial charge in [-0.25, -0.2) is 0 Å². The van der Waals surface area contributed by atoms with Crippen LogP contribution in [-0.2, 0) is 0 Å². The van der Waals surface area contributed by atoms with Crippen LogP contribution in [0.2, 0.25) is 0 Å². The van der Waals surface area contributed by atoms with E-state index in [0.717, 1.165) is 0 Å². The van der Waals surface area contributed by atoms with E-state index in [2.05, 4.69) is 42.5 Å². The third kappa shape index (κ3) is 17.7. The SMILES string of the molecule is NCCCCC1CN2CCNC(=O)c3cccc(c3[O-])C(=O)NCCN(CCNC(=O)c3cccc(c3O)C(=O)N1)CCN1CCNC(=O)c3cccc(c3O)C(=O)NCCN(CCNC(=O)c3cccc(c3O)C(=O)NCC1)CC2.[Tb+3]. The summed E-state index contributed by atoms with van der Waals surface area (Å²) in [6, 6.07) is 16.3. The first-order valence-electron chi connectivity index (χ1n) is 27.3. The van der Waals surface area contributed by atoms with Crippen LogP contribution >= 0.6 is 0 Å². The van der Waals surface area contributed by atoms with Crippen LogP contribution in [-0.4, -0.2) is 219 Å². The Balaban J connectivity index is 0.0000108. The Morgan fingerprint density at radius 2 is 0.646 bits per heavy atom. The van der Waals surface area contributed by atoms with Crippen LogP contribution in [0, 0.1) is 38.6 Å². The Bertz CT molecular complexity index is 2840. The zero-order valence-electron chi connectivity index (χ0n) is 45.5. The Kier molecular flexibility index (Phi) is 25.0. The number of phenols is 3. The number of unbranched alkanes of at least 4 members (excludes halogenated alkanes) is 1. The zero-order chi connectivity index (χ0) is 57.8. The fourth-order valence-electron chi connectivity index (χ4n) is 9.77. The van der Waals surface area contributed by atoms with E-state index in [1.807, 2.05) is 19.6 Å². The summed E-state index contributed by atoms with van der Waals surface area (Å²) < 4.78 is 0. The number of nitrogens with one attached hydrogen (secondary N) is 8. The fraction of sp³-hybridized carbons (Fsp3) is 0.429. The van der Waals surface area contributed by atoms with Crippen molar-refractivity contribution in [2.45, 2.75) is 25.3 Å². The Morgan fingerprint density at radius 3 is 0.951 bits per heavy atom. The topological polar surface area (TPSA) is 356 Å². The molecule has 4 aliphatic rings. The van der Waals surface area contributed by atoms with E-state index >= 15 is 0 Å². The van der Waals surface area contributed by atoms with Crippen molar-refractivity contribution in [2.75, 3.05) is 131 Å². The molecule has 0 spiro atoms. The summed E-state index contributed by atoms with van der Waals surface area (Å²) in [6.07, 6.45) is 1.62. The van der Waals surface area contributed by atoms with Crippen LogP contribution in [0.5, 0.6) is 23.0 Å². The summed E-state index contributed by atoms with van der Waals surface area (Å²) in [5.41, 5.74) is 4.53. The number of rotatable bonds is 4. The third-order valence-corrected chi connectivity index (χ3v) is 14.4. The first-order chi connectivity index (χ1) is 39.1. The second-order valence-corrected chi connectivity index (χ2v) is 19.9. The molecule has 0 saturated carbocycles. The van der Waals surface area contributed by atoms with E-state index in [0.29, 0.717) is 25.8 Å². The van der Waals surface area contributed by atoms with E-state index in [-0.39, 0.29) is 207 Å². The van der Waals surface area contributed by atoms with Gasteiger partial charge in [-0.2, -0.15) is 0 Å². The number of aromatic hydroxyl groups is 3. The summed E-state index contributed by atoms with van der Waals surface area (Å²) in [5.74, 6) is -7.75. The van der Waals surface area contributed by atoms with Crippen molar-refractivity contribution in [3.8, 4) is 23.0 Å². The van der Waals surface area contributed by atoms with Crippen LogP contribution in [0.25, 0.3) is 0 Å². The minimum atomic E-state index is -0.776. The third-order valence-electron chi connectivity index (χ3n) is 14.4. The zero-order valence-corrected chi connectivity index (χ0v) is 47.6. The number of amides is 8. The first-order valence-corrected chi connectivity index (χ1v) is 27.3. The molecule has 12 bridgehead atoms. The van der Waals surface area contributed by atoms with Crippen LogP contribution in [0.3, 0.4) is 0 Å². The molecular formula is C56H72N13O12Tb+2. The van der Waals surface area contributed by atoms with Crippen molar-refractivity contribution in [1.82, 2.24) is 62.1 Å². The van der Waals surface area contributed by atoms with E-state index in [1.165, 1.54) is 72.8 Å². The summed E-state index contributed by atoms with van der Waals surface area (Å²) in [5, 5.41) is 70.7. The first kappa shape index (κ1) is 64.1. The van der Waals surface area contributed by atoms with E-state index in [9.17, 15) is 58.8 Å². The molecule has 440 valence electrons. The average molecular weight is 1280 g/mol. The maximum Gasteiger partial charge on any atom is 3.00 e. The monoisotopic (exact) mass is 1280 g/mol. The molecule has 0 saturated heterocycles. The van der Waals surface area contributed by atoms with Crippen LogP contribution in [0.1, 0.15) is 102 Å². The van der Waals surface area contributed by atoms with Crippen molar-refractivity contribution < 1.29 is 97.4 Å². The summed E-state index contributed by atoms with van der Waals surface area (Å²) in [7, 11) is 0. The van der Waals surface area contributed by atoms with Gasteiger partial charge in [-0.3, -0.25) is 58.0 Å². The second-order valence-electron chi connectivity index (χ2n) is 19.9. The van der Waals surface area contributed by atoms with Gasteiger partial charge in [0.15, 0.2) is 0 Å². The molecule has 4 aromatic carbocycles. The van der Waals surface area contributed by atoms with Gasteiger partial charge in [-0.1, -0.05) is 48.6 Å². The molecule has 4 aromatic rings. The molecule has 0 fully saturated rings. The van der Waals surface area contributed by atoms with Crippen molar-refractivity contribution in [3.05, 3.63) is 117 Å². The minimum Gasteiger partial charge on any atom is -0.871 e. The molecule has 26 heteroatoms. The largest absolute Gasteiger partial charge is 3.00 e. The molecule has 25 nitrogen and oxygen atoms in total. The fourth-order valence-corrected chi connectivity index (χ4v) is 9.77. The molecular weight excluding hydrogens is 1210 g/mol. The summed E-state index contributed by atoms with van der Waals surface area (Å²) in [6.45, 7) is 2.68. The van der Waals surface area contributed by atoms with Gasteiger partial charge in [-0.15, -0.1) is 0 Å². The molecule has 0 radical (unpaired) electrons. The number of nitrogens with two attached hydrogens (primary N) is 1. The number of hydrogen-bond acceptors (Lipinski definition) is 17. The second kappa shape index (κ2) is 32.0. The number of carbonyl (C=O) groups excluding carboxylic acids is 8. The molecule has 3 atom stereocenters. The smallest absolute Gasteiger partial charge is 0.871 e. The maximum atomic E-state index is 14.2. The van der Waals surface area contributed by atoms with Crippen molar-refractivity contribution in [2.24, 2.45) is 5.73 Å². The molecule has 82 heavy (non-hydrogen) atoms. The molecule has 0 aromatic heterocycles. The van der Waals surface area contributed by atoms with Crippen LogP contribution in [0.4, 0.5) is 0 Å². The van der Waals surface area contributed by atoms with Crippen LogP contribution in [0.15, 0.2) is 72.8 Å².